The number of nitrogens with one attached hydrogen (secondary N) is 1. The van der Waals surface area contributed by atoms with Crippen molar-refractivity contribution in [3.8, 4) is 0 Å². The normalized spacial score (nSPS) is 19.0. The minimum absolute atomic E-state index is 0.00829. The lowest BCUT2D eigenvalue weighted by molar-refractivity contribution is -0.384. The second-order valence-electron chi connectivity index (χ2n) is 9.09. The predicted molar refractivity (Wildman–Crippen MR) is 138 cm³/mol. The van der Waals surface area contributed by atoms with Gasteiger partial charge < -0.3 is 15.1 Å². The highest BCUT2D eigenvalue weighted by atomic mass is 35.5. The van der Waals surface area contributed by atoms with Gasteiger partial charge >= 0.3 is 0 Å². The molecule has 1 N–H and O–H groups in total. The number of hydrogen-bond acceptors (Lipinski definition) is 5. The molecule has 5 rings (SSSR count). The van der Waals surface area contributed by atoms with Gasteiger partial charge in [-0.3, -0.25) is 14.9 Å². The summed E-state index contributed by atoms with van der Waals surface area (Å²) in [5.41, 5.74) is 4.16. The van der Waals surface area contributed by atoms with Crippen LogP contribution in [0.1, 0.15) is 11.1 Å². The zero-order chi connectivity index (χ0) is 24.4. The highest BCUT2D eigenvalue weighted by molar-refractivity contribution is 6.30. The number of fused-ring (bicyclic) bond motifs is 3. The Hall–Kier alpha value is -3.58. The van der Waals surface area contributed by atoms with Gasteiger partial charge in [-0.05, 0) is 54.3 Å². The summed E-state index contributed by atoms with van der Waals surface area (Å²) in [7, 11) is 0. The zero-order valence-corrected chi connectivity index (χ0v) is 20.0. The summed E-state index contributed by atoms with van der Waals surface area (Å²) < 4.78 is 0. The quantitative estimate of drug-likeness (QED) is 0.407. The molecule has 0 radical (unpaired) electrons. The first kappa shape index (κ1) is 23.2. The first-order chi connectivity index (χ1) is 17.0. The molecule has 1 fully saturated rings. The third kappa shape index (κ3) is 4.95. The largest absolute Gasteiger partial charge is 0.368 e. The van der Waals surface area contributed by atoms with Crippen molar-refractivity contribution in [2.24, 2.45) is 5.92 Å². The maximum absolute atomic E-state index is 13.5. The van der Waals surface area contributed by atoms with E-state index in [1.807, 2.05) is 48.5 Å². The van der Waals surface area contributed by atoms with E-state index < -0.39 is 0 Å². The Balaban J connectivity index is 1.39. The summed E-state index contributed by atoms with van der Waals surface area (Å²) >= 11 is 6.08. The minimum atomic E-state index is -0.375. The van der Waals surface area contributed by atoms with Crippen LogP contribution in [0.3, 0.4) is 0 Å². The van der Waals surface area contributed by atoms with Crippen molar-refractivity contribution in [1.82, 2.24) is 5.32 Å². The molecule has 7 nitrogen and oxygen atoms in total. The highest BCUT2D eigenvalue weighted by Crippen LogP contribution is 2.38. The fraction of sp³-hybridized carbons (Fsp3) is 0.296. The Morgan fingerprint density at radius 1 is 1.06 bits per heavy atom. The van der Waals surface area contributed by atoms with Crippen molar-refractivity contribution in [1.29, 1.82) is 0 Å². The van der Waals surface area contributed by atoms with Gasteiger partial charge in [-0.15, -0.1) is 0 Å². The molecule has 0 bridgehead atoms. The van der Waals surface area contributed by atoms with Crippen LogP contribution < -0.4 is 15.1 Å². The van der Waals surface area contributed by atoms with E-state index in [9.17, 15) is 14.9 Å². The number of nitrogens with zero attached hydrogens (tertiary/aromatic N) is 3. The molecule has 2 aliphatic heterocycles. The number of anilines is 2. The molecule has 2 aliphatic rings. The van der Waals surface area contributed by atoms with Crippen LogP contribution in [0.25, 0.3) is 0 Å². The molecule has 1 saturated heterocycles. The highest BCUT2D eigenvalue weighted by Gasteiger charge is 2.42. The number of amides is 1. The zero-order valence-electron chi connectivity index (χ0n) is 19.3. The molecule has 180 valence electrons. The summed E-state index contributed by atoms with van der Waals surface area (Å²) in [6, 6.07) is 22.8. The number of nitro groups is 1. The average molecular weight is 491 g/mol. The second kappa shape index (κ2) is 9.96. The molecule has 2 heterocycles. The Kier molecular flexibility index (Phi) is 6.59. The van der Waals surface area contributed by atoms with E-state index in [4.69, 9.17) is 11.6 Å². The smallest absolute Gasteiger partial charge is 0.269 e. The molecular formula is C27H27ClN4O3. The molecule has 1 amide bonds. The van der Waals surface area contributed by atoms with Gasteiger partial charge in [-0.2, -0.15) is 0 Å². The van der Waals surface area contributed by atoms with E-state index in [1.165, 1.54) is 5.56 Å². The molecule has 35 heavy (non-hydrogen) atoms. The van der Waals surface area contributed by atoms with Gasteiger partial charge in [0.25, 0.3) is 5.69 Å². The third-order valence-corrected chi connectivity index (χ3v) is 7.24. The van der Waals surface area contributed by atoms with Crippen molar-refractivity contribution in [2.45, 2.75) is 18.9 Å². The first-order valence-corrected chi connectivity index (χ1v) is 12.2. The molecule has 3 aromatic carbocycles. The minimum Gasteiger partial charge on any atom is -0.368 e. The molecule has 0 aliphatic carbocycles. The molecule has 0 saturated carbocycles. The van der Waals surface area contributed by atoms with E-state index in [1.54, 1.807) is 12.1 Å². The maximum Gasteiger partial charge on any atom is 0.269 e. The van der Waals surface area contributed by atoms with Gasteiger partial charge in [-0.1, -0.05) is 41.9 Å². The van der Waals surface area contributed by atoms with Crippen LogP contribution in [0.15, 0.2) is 72.8 Å². The molecule has 8 heteroatoms. The summed E-state index contributed by atoms with van der Waals surface area (Å²) in [4.78, 5) is 29.0. The van der Waals surface area contributed by atoms with Crippen LogP contribution >= 0.6 is 11.6 Å². The van der Waals surface area contributed by atoms with Crippen LogP contribution in [-0.2, 0) is 17.6 Å². The molecule has 0 aromatic heterocycles. The van der Waals surface area contributed by atoms with E-state index in [0.29, 0.717) is 24.5 Å². The summed E-state index contributed by atoms with van der Waals surface area (Å²) in [6.45, 7) is 2.76. The maximum atomic E-state index is 13.5. The number of hydrogen-bond donors (Lipinski definition) is 1. The van der Waals surface area contributed by atoms with E-state index in [0.717, 1.165) is 36.4 Å². The van der Waals surface area contributed by atoms with Crippen molar-refractivity contribution in [2.75, 3.05) is 36.0 Å². The Bertz CT molecular complexity index is 1220. The number of rotatable bonds is 6. The lowest BCUT2D eigenvalue weighted by atomic mass is 9.83. The van der Waals surface area contributed by atoms with Crippen LogP contribution in [0.2, 0.25) is 5.02 Å². The second-order valence-corrected chi connectivity index (χ2v) is 9.53. The SMILES string of the molecule is O=C(NCCc1ccccc1)[C@H]1Cc2cc([N+](=O)[O-])ccc2N2CCN(c3ccc(Cl)cc3)C[C@@H]12. The Morgan fingerprint density at radius 2 is 1.83 bits per heavy atom. The summed E-state index contributed by atoms with van der Waals surface area (Å²) in [6.07, 6.45) is 1.23. The van der Waals surface area contributed by atoms with Crippen molar-refractivity contribution < 1.29 is 9.72 Å². The number of piperazine rings is 1. The number of halogens is 1. The van der Waals surface area contributed by atoms with Gasteiger partial charge in [-0.25, -0.2) is 0 Å². The molecular weight excluding hydrogens is 464 g/mol. The van der Waals surface area contributed by atoms with Gasteiger partial charge in [0.15, 0.2) is 0 Å². The van der Waals surface area contributed by atoms with Gasteiger partial charge in [0.1, 0.15) is 0 Å². The van der Waals surface area contributed by atoms with E-state index in [-0.39, 0.29) is 28.5 Å². The topological polar surface area (TPSA) is 78.7 Å². The standard InChI is InChI=1S/C27H27ClN4O3/c28-21-6-8-22(9-7-21)30-14-15-31-25-11-10-23(32(34)35)16-20(25)17-24(26(31)18-30)27(33)29-13-12-19-4-2-1-3-5-19/h1-11,16,24,26H,12-15,17-18H2,(H,29,33)/t24-,26-/m0/s1. The molecule has 0 unspecified atom stereocenters. The van der Waals surface area contributed by atoms with Crippen LogP contribution in [-0.4, -0.2) is 43.1 Å². The van der Waals surface area contributed by atoms with Crippen LogP contribution in [0, 0.1) is 16.0 Å². The monoisotopic (exact) mass is 490 g/mol. The Labute approximate surface area is 209 Å². The van der Waals surface area contributed by atoms with Gasteiger partial charge in [0, 0.05) is 54.7 Å². The first-order valence-electron chi connectivity index (χ1n) is 11.9. The van der Waals surface area contributed by atoms with Crippen molar-refractivity contribution in [3.63, 3.8) is 0 Å². The number of carbonyl (C=O) groups excluding carboxylic acids is 1. The number of nitro benzene ring substituents is 1. The lowest BCUT2D eigenvalue weighted by Gasteiger charge is -2.49. The van der Waals surface area contributed by atoms with Crippen LogP contribution in [0.5, 0.6) is 0 Å². The van der Waals surface area contributed by atoms with Gasteiger partial charge in [0.05, 0.1) is 16.9 Å². The van der Waals surface area contributed by atoms with Crippen molar-refractivity contribution in [3.05, 3.63) is 99.1 Å². The van der Waals surface area contributed by atoms with Crippen molar-refractivity contribution >= 4 is 34.6 Å². The number of carbonyl (C=O) groups is 1. The number of benzene rings is 3. The third-order valence-electron chi connectivity index (χ3n) is 6.99. The number of non-ortho nitro benzene ring substituents is 1. The summed E-state index contributed by atoms with van der Waals surface area (Å²) in [5.74, 6) is -0.318. The molecule has 2 atom stereocenters. The van der Waals surface area contributed by atoms with Gasteiger partial charge in [0.2, 0.25) is 5.91 Å². The van der Waals surface area contributed by atoms with E-state index >= 15 is 0 Å². The van der Waals surface area contributed by atoms with E-state index in [2.05, 4.69) is 27.2 Å². The Morgan fingerprint density at radius 3 is 2.57 bits per heavy atom. The fourth-order valence-corrected chi connectivity index (χ4v) is 5.34. The predicted octanol–water partition coefficient (Wildman–Crippen LogP) is 4.47. The lowest BCUT2D eigenvalue weighted by Crippen LogP contribution is -2.61. The average Bonchev–Trinajstić information content (AvgIpc) is 2.88. The molecule has 3 aromatic rings. The van der Waals surface area contributed by atoms with Crippen LogP contribution in [0.4, 0.5) is 17.1 Å². The fourth-order valence-electron chi connectivity index (χ4n) is 5.22. The molecule has 0 spiro atoms. The summed E-state index contributed by atoms with van der Waals surface area (Å²) in [5, 5.41) is 15.2.